The highest BCUT2D eigenvalue weighted by molar-refractivity contribution is 6.30. The van der Waals surface area contributed by atoms with E-state index in [4.69, 9.17) is 11.6 Å². The summed E-state index contributed by atoms with van der Waals surface area (Å²) in [6, 6.07) is 4.79. The van der Waals surface area contributed by atoms with Crippen LogP contribution in [0.1, 0.15) is 5.69 Å². The minimum absolute atomic E-state index is 0.0398. The number of hydrogen-bond acceptors (Lipinski definition) is 2. The Morgan fingerprint density at radius 2 is 2.06 bits per heavy atom. The molecule has 0 aromatic carbocycles. The SMILES string of the molecule is FC(F)(F)c1[c]cnn1-c1ccc(Cl)cn1. The lowest BCUT2D eigenvalue weighted by atomic mass is 10.4. The molecule has 0 unspecified atom stereocenters. The summed E-state index contributed by atoms with van der Waals surface area (Å²) in [6.07, 6.45) is -2.32. The lowest BCUT2D eigenvalue weighted by Crippen LogP contribution is -2.14. The Bertz CT molecular complexity index is 489. The fourth-order valence-electron chi connectivity index (χ4n) is 1.14. The van der Waals surface area contributed by atoms with Crippen LogP contribution >= 0.6 is 11.6 Å². The van der Waals surface area contributed by atoms with Gasteiger partial charge in [-0.1, -0.05) is 11.6 Å². The molecule has 2 aromatic heterocycles. The van der Waals surface area contributed by atoms with Crippen molar-refractivity contribution in [1.29, 1.82) is 0 Å². The van der Waals surface area contributed by atoms with Crippen molar-refractivity contribution >= 4 is 11.6 Å². The fourth-order valence-corrected chi connectivity index (χ4v) is 1.25. The fraction of sp³-hybridized carbons (Fsp3) is 0.111. The van der Waals surface area contributed by atoms with Gasteiger partial charge in [0.25, 0.3) is 0 Å². The molecule has 0 aliphatic heterocycles. The third-order valence-electron chi connectivity index (χ3n) is 1.78. The van der Waals surface area contributed by atoms with Crippen molar-refractivity contribution in [1.82, 2.24) is 14.8 Å². The number of rotatable bonds is 1. The van der Waals surface area contributed by atoms with Crippen LogP contribution in [-0.2, 0) is 6.18 Å². The molecule has 0 spiro atoms. The zero-order chi connectivity index (χ0) is 11.8. The summed E-state index contributed by atoms with van der Waals surface area (Å²) in [5.74, 6) is 0.0398. The largest absolute Gasteiger partial charge is 0.434 e. The first-order chi connectivity index (χ1) is 7.48. The zero-order valence-electron chi connectivity index (χ0n) is 7.66. The topological polar surface area (TPSA) is 30.7 Å². The molecule has 0 amide bonds. The predicted octanol–water partition coefficient (Wildman–Crippen LogP) is 2.74. The molecule has 1 radical (unpaired) electrons. The summed E-state index contributed by atoms with van der Waals surface area (Å²) in [5.41, 5.74) is -0.998. The lowest BCUT2D eigenvalue weighted by molar-refractivity contribution is -0.143. The van der Waals surface area contributed by atoms with Crippen LogP contribution in [0.25, 0.3) is 5.82 Å². The summed E-state index contributed by atoms with van der Waals surface area (Å²) in [6.45, 7) is 0. The highest BCUT2D eigenvalue weighted by Crippen LogP contribution is 2.29. The predicted molar refractivity (Wildman–Crippen MR) is 50.2 cm³/mol. The molecule has 0 fully saturated rings. The summed E-state index contributed by atoms with van der Waals surface area (Å²) in [4.78, 5) is 3.74. The monoisotopic (exact) mass is 246 g/mol. The minimum Gasteiger partial charge on any atom is -0.236 e. The van der Waals surface area contributed by atoms with Gasteiger partial charge in [0.2, 0.25) is 0 Å². The molecule has 2 heterocycles. The number of pyridine rings is 1. The zero-order valence-corrected chi connectivity index (χ0v) is 8.42. The Morgan fingerprint density at radius 3 is 2.62 bits per heavy atom. The molecule has 0 aliphatic rings. The number of alkyl halides is 3. The van der Waals surface area contributed by atoms with Gasteiger partial charge in [-0.25, -0.2) is 9.67 Å². The Labute approximate surface area is 93.5 Å². The number of aromatic nitrogens is 3. The normalized spacial score (nSPS) is 11.8. The average Bonchev–Trinajstić information content (AvgIpc) is 2.66. The molecule has 83 valence electrons. The first-order valence-electron chi connectivity index (χ1n) is 4.13. The minimum atomic E-state index is -4.52. The molecular formula is C9H4ClF3N3. The first-order valence-corrected chi connectivity index (χ1v) is 4.51. The van der Waals surface area contributed by atoms with E-state index in [1.165, 1.54) is 18.3 Å². The maximum Gasteiger partial charge on any atom is 0.434 e. The van der Waals surface area contributed by atoms with E-state index >= 15 is 0 Å². The van der Waals surface area contributed by atoms with E-state index in [-0.39, 0.29) is 5.82 Å². The molecule has 0 N–H and O–H groups in total. The van der Waals surface area contributed by atoms with Gasteiger partial charge in [-0.15, -0.1) is 0 Å². The van der Waals surface area contributed by atoms with Gasteiger partial charge < -0.3 is 0 Å². The van der Waals surface area contributed by atoms with E-state index in [2.05, 4.69) is 10.1 Å². The third kappa shape index (κ3) is 2.01. The summed E-state index contributed by atoms with van der Waals surface area (Å²) >= 11 is 5.58. The second-order valence-electron chi connectivity index (χ2n) is 2.88. The van der Waals surface area contributed by atoms with Gasteiger partial charge in [0.15, 0.2) is 11.5 Å². The van der Waals surface area contributed by atoms with E-state index in [1.807, 2.05) is 6.07 Å². The molecule has 3 nitrogen and oxygen atoms in total. The molecule has 0 aliphatic carbocycles. The van der Waals surface area contributed by atoms with Gasteiger partial charge in [0.1, 0.15) is 0 Å². The Kier molecular flexibility index (Phi) is 2.59. The van der Waals surface area contributed by atoms with Crippen LogP contribution in [0.15, 0.2) is 24.5 Å². The third-order valence-corrected chi connectivity index (χ3v) is 2.01. The number of hydrogen-bond donors (Lipinski definition) is 0. The van der Waals surface area contributed by atoms with Gasteiger partial charge >= 0.3 is 6.18 Å². The van der Waals surface area contributed by atoms with E-state index in [9.17, 15) is 13.2 Å². The average molecular weight is 247 g/mol. The van der Waals surface area contributed by atoms with Crippen LogP contribution in [0.2, 0.25) is 5.02 Å². The van der Waals surface area contributed by atoms with Gasteiger partial charge in [0, 0.05) is 12.3 Å². The van der Waals surface area contributed by atoms with Crippen molar-refractivity contribution in [3.05, 3.63) is 41.3 Å². The summed E-state index contributed by atoms with van der Waals surface area (Å²) in [7, 11) is 0. The second-order valence-corrected chi connectivity index (χ2v) is 3.32. The summed E-state index contributed by atoms with van der Waals surface area (Å²) in [5, 5.41) is 3.86. The van der Waals surface area contributed by atoms with Crippen LogP contribution in [0.4, 0.5) is 13.2 Å². The molecule has 2 aromatic rings. The maximum absolute atomic E-state index is 12.5. The van der Waals surface area contributed by atoms with E-state index < -0.39 is 11.9 Å². The molecule has 7 heteroatoms. The maximum atomic E-state index is 12.5. The Morgan fingerprint density at radius 1 is 1.31 bits per heavy atom. The van der Waals surface area contributed by atoms with Crippen LogP contribution in [0.5, 0.6) is 0 Å². The van der Waals surface area contributed by atoms with Crippen molar-refractivity contribution in [3.8, 4) is 5.82 Å². The van der Waals surface area contributed by atoms with E-state index in [1.54, 1.807) is 0 Å². The number of nitrogens with zero attached hydrogens (tertiary/aromatic N) is 3. The molecule has 0 bridgehead atoms. The highest BCUT2D eigenvalue weighted by atomic mass is 35.5. The smallest absolute Gasteiger partial charge is 0.236 e. The molecule has 0 atom stereocenters. The van der Waals surface area contributed by atoms with E-state index in [0.717, 1.165) is 6.20 Å². The quantitative estimate of drug-likeness (QED) is 0.775. The van der Waals surface area contributed by atoms with Crippen LogP contribution in [0, 0.1) is 6.07 Å². The van der Waals surface area contributed by atoms with Gasteiger partial charge in [-0.2, -0.15) is 18.3 Å². The van der Waals surface area contributed by atoms with Crippen molar-refractivity contribution in [2.75, 3.05) is 0 Å². The molecule has 2 rings (SSSR count). The van der Waals surface area contributed by atoms with E-state index in [0.29, 0.717) is 9.70 Å². The molecule has 0 saturated heterocycles. The van der Waals surface area contributed by atoms with Crippen molar-refractivity contribution < 1.29 is 13.2 Å². The van der Waals surface area contributed by atoms with Crippen molar-refractivity contribution in [3.63, 3.8) is 0 Å². The van der Waals surface area contributed by atoms with Crippen molar-refractivity contribution in [2.45, 2.75) is 6.18 Å². The van der Waals surface area contributed by atoms with Gasteiger partial charge in [-0.3, -0.25) is 0 Å². The first kappa shape index (κ1) is 10.9. The van der Waals surface area contributed by atoms with Gasteiger partial charge in [-0.05, 0) is 12.1 Å². The Hall–Kier alpha value is -1.56. The van der Waals surface area contributed by atoms with Gasteiger partial charge in [0.05, 0.1) is 11.2 Å². The molecule has 16 heavy (non-hydrogen) atoms. The Balaban J connectivity index is 2.49. The second kappa shape index (κ2) is 3.79. The molecule has 0 saturated carbocycles. The molecular weight excluding hydrogens is 243 g/mol. The lowest BCUT2D eigenvalue weighted by Gasteiger charge is -2.08. The van der Waals surface area contributed by atoms with Crippen LogP contribution < -0.4 is 0 Å². The summed E-state index contributed by atoms with van der Waals surface area (Å²) < 4.78 is 38.2. The highest BCUT2D eigenvalue weighted by Gasteiger charge is 2.35. The van der Waals surface area contributed by atoms with Crippen LogP contribution in [-0.4, -0.2) is 14.8 Å². The van der Waals surface area contributed by atoms with Crippen molar-refractivity contribution in [2.24, 2.45) is 0 Å². The van der Waals surface area contributed by atoms with Crippen LogP contribution in [0.3, 0.4) is 0 Å². The standard InChI is InChI=1S/C9H4ClF3N3/c10-6-1-2-8(14-5-6)16-7(3-4-15-16)9(11,12)13/h1-2,4-5H. The number of halogens is 4.